The molecule has 0 aromatic rings. The summed E-state index contributed by atoms with van der Waals surface area (Å²) in [5, 5.41) is 28.2. The second kappa shape index (κ2) is 7.37. The summed E-state index contributed by atoms with van der Waals surface area (Å²) < 4.78 is 5.37. The van der Waals surface area contributed by atoms with E-state index in [0.29, 0.717) is 25.7 Å². The fourth-order valence-electron chi connectivity index (χ4n) is 5.48. The molecule has 1 heterocycles. The zero-order valence-corrected chi connectivity index (χ0v) is 16.9. The zero-order valence-electron chi connectivity index (χ0n) is 16.9. The Morgan fingerprint density at radius 1 is 1.18 bits per heavy atom. The maximum absolute atomic E-state index is 12.9. The van der Waals surface area contributed by atoms with Crippen molar-refractivity contribution in [1.82, 2.24) is 0 Å². The van der Waals surface area contributed by atoms with E-state index in [-0.39, 0.29) is 18.3 Å². The van der Waals surface area contributed by atoms with E-state index in [9.17, 15) is 29.4 Å². The van der Waals surface area contributed by atoms with Crippen LogP contribution in [0, 0.1) is 28.6 Å². The second-order valence-corrected chi connectivity index (χ2v) is 9.16. The van der Waals surface area contributed by atoms with E-state index in [1.807, 2.05) is 20.8 Å². The van der Waals surface area contributed by atoms with Crippen LogP contribution < -0.4 is 0 Å². The smallest absolute Gasteiger partial charge is 0.349 e. The normalized spacial score (nSPS) is 38.4. The quantitative estimate of drug-likeness (QED) is 0.531. The molecule has 0 radical (unpaired) electrons. The van der Waals surface area contributed by atoms with Crippen molar-refractivity contribution >= 4 is 23.9 Å². The van der Waals surface area contributed by atoms with Gasteiger partial charge in [0.2, 0.25) is 5.60 Å². The molecule has 0 spiro atoms. The van der Waals surface area contributed by atoms with Gasteiger partial charge in [-0.3, -0.25) is 14.4 Å². The number of hydrogen-bond donors (Lipinski definition) is 3. The van der Waals surface area contributed by atoms with Crippen molar-refractivity contribution in [1.29, 1.82) is 0 Å². The third kappa shape index (κ3) is 3.37. The van der Waals surface area contributed by atoms with Gasteiger partial charge in [0.05, 0.1) is 12.3 Å². The lowest BCUT2D eigenvalue weighted by Crippen LogP contribution is -2.58. The third-order valence-corrected chi connectivity index (χ3v) is 7.40. The predicted octanol–water partition coefficient (Wildman–Crippen LogP) is 2.79. The summed E-state index contributed by atoms with van der Waals surface area (Å²) in [4.78, 5) is 47.4. The molecular formula is C20H30O8. The van der Waals surface area contributed by atoms with Crippen molar-refractivity contribution < 1.29 is 39.2 Å². The molecule has 0 aromatic carbocycles. The van der Waals surface area contributed by atoms with Gasteiger partial charge in [-0.1, -0.05) is 27.7 Å². The molecule has 158 valence electrons. The Labute approximate surface area is 164 Å². The average Bonchev–Trinajstić information content (AvgIpc) is 2.77. The largest absolute Gasteiger partial charge is 0.481 e. The molecule has 6 atom stereocenters. The van der Waals surface area contributed by atoms with Gasteiger partial charge in [0.1, 0.15) is 0 Å². The van der Waals surface area contributed by atoms with Crippen molar-refractivity contribution in [2.75, 3.05) is 0 Å². The predicted molar refractivity (Wildman–Crippen MR) is 97.5 cm³/mol. The highest BCUT2D eigenvalue weighted by Gasteiger charge is 2.73. The lowest BCUT2D eigenvalue weighted by molar-refractivity contribution is -0.184. The van der Waals surface area contributed by atoms with Crippen molar-refractivity contribution in [2.45, 2.75) is 71.8 Å². The summed E-state index contributed by atoms with van der Waals surface area (Å²) in [6, 6.07) is 0. The third-order valence-electron chi connectivity index (χ3n) is 7.40. The molecule has 3 N–H and O–H groups in total. The van der Waals surface area contributed by atoms with Crippen molar-refractivity contribution in [3.8, 4) is 0 Å². The number of esters is 1. The van der Waals surface area contributed by atoms with Gasteiger partial charge in [-0.2, -0.15) is 0 Å². The van der Waals surface area contributed by atoms with Crippen LogP contribution in [0.25, 0.3) is 0 Å². The van der Waals surface area contributed by atoms with Gasteiger partial charge in [-0.25, -0.2) is 4.79 Å². The SMILES string of the molecule is CC(CCC1(C)C(C)CCC2(C)C1C(=O)OC2(CC(=O)O)C(=O)O)CC(=O)O. The van der Waals surface area contributed by atoms with E-state index >= 15 is 0 Å². The van der Waals surface area contributed by atoms with Gasteiger partial charge in [0, 0.05) is 11.8 Å². The van der Waals surface area contributed by atoms with Crippen molar-refractivity contribution in [3.05, 3.63) is 0 Å². The number of hydrogen-bond acceptors (Lipinski definition) is 5. The molecule has 28 heavy (non-hydrogen) atoms. The monoisotopic (exact) mass is 398 g/mol. The van der Waals surface area contributed by atoms with E-state index in [1.165, 1.54) is 0 Å². The summed E-state index contributed by atoms with van der Waals surface area (Å²) in [6.45, 7) is 7.42. The van der Waals surface area contributed by atoms with Crippen LogP contribution in [0.2, 0.25) is 0 Å². The Morgan fingerprint density at radius 3 is 2.29 bits per heavy atom. The fraction of sp³-hybridized carbons (Fsp3) is 0.800. The molecule has 0 aromatic heterocycles. The molecule has 2 fully saturated rings. The van der Waals surface area contributed by atoms with E-state index in [2.05, 4.69) is 0 Å². The Kier molecular flexibility index (Phi) is 5.83. The first-order valence-electron chi connectivity index (χ1n) is 9.70. The van der Waals surface area contributed by atoms with Crippen LogP contribution in [0.5, 0.6) is 0 Å². The first-order valence-corrected chi connectivity index (χ1v) is 9.70. The van der Waals surface area contributed by atoms with Crippen LogP contribution in [0.3, 0.4) is 0 Å². The zero-order chi connectivity index (χ0) is 21.5. The molecule has 2 rings (SSSR count). The van der Waals surface area contributed by atoms with Crippen LogP contribution in [0.4, 0.5) is 0 Å². The molecule has 0 amide bonds. The summed E-state index contributed by atoms with van der Waals surface area (Å²) >= 11 is 0. The number of fused-ring (bicyclic) bond motifs is 1. The van der Waals surface area contributed by atoms with E-state index in [0.717, 1.165) is 0 Å². The topological polar surface area (TPSA) is 138 Å². The van der Waals surface area contributed by atoms with Gasteiger partial charge < -0.3 is 20.1 Å². The van der Waals surface area contributed by atoms with Crippen LogP contribution in [0.1, 0.15) is 66.2 Å². The highest BCUT2D eigenvalue weighted by atomic mass is 16.6. The summed E-state index contributed by atoms with van der Waals surface area (Å²) in [5.74, 6) is -5.05. The lowest BCUT2D eigenvalue weighted by atomic mass is 9.47. The van der Waals surface area contributed by atoms with Gasteiger partial charge in [-0.15, -0.1) is 0 Å². The number of carboxylic acids is 3. The Bertz CT molecular complexity index is 688. The highest BCUT2D eigenvalue weighted by Crippen LogP contribution is 2.65. The number of carboxylic acid groups (broad SMARTS) is 3. The number of aliphatic carboxylic acids is 3. The minimum absolute atomic E-state index is 0.0227. The molecule has 1 aliphatic carbocycles. The first kappa shape index (κ1) is 22.2. The average molecular weight is 398 g/mol. The molecule has 0 bridgehead atoms. The van der Waals surface area contributed by atoms with Crippen LogP contribution in [0.15, 0.2) is 0 Å². The van der Waals surface area contributed by atoms with E-state index < -0.39 is 52.6 Å². The second-order valence-electron chi connectivity index (χ2n) is 9.16. The Balaban J connectivity index is 2.43. The fourth-order valence-corrected chi connectivity index (χ4v) is 5.48. The van der Waals surface area contributed by atoms with Crippen molar-refractivity contribution in [2.24, 2.45) is 28.6 Å². The summed E-state index contributed by atoms with van der Waals surface area (Å²) in [6.07, 6.45) is 1.38. The van der Waals surface area contributed by atoms with Crippen molar-refractivity contribution in [3.63, 3.8) is 0 Å². The molecule has 8 heteroatoms. The van der Waals surface area contributed by atoms with Gasteiger partial charge in [0.25, 0.3) is 0 Å². The summed E-state index contributed by atoms with van der Waals surface area (Å²) in [7, 11) is 0. The molecular weight excluding hydrogens is 368 g/mol. The number of carbonyl (C=O) groups is 4. The van der Waals surface area contributed by atoms with Gasteiger partial charge in [-0.05, 0) is 42.9 Å². The van der Waals surface area contributed by atoms with E-state index in [1.54, 1.807) is 6.92 Å². The molecule has 1 saturated heterocycles. The number of ether oxygens (including phenoxy) is 1. The Hall–Kier alpha value is -2.12. The molecule has 8 nitrogen and oxygen atoms in total. The maximum Gasteiger partial charge on any atom is 0.349 e. The van der Waals surface area contributed by atoms with Crippen LogP contribution in [-0.2, 0) is 23.9 Å². The van der Waals surface area contributed by atoms with Crippen LogP contribution >= 0.6 is 0 Å². The molecule has 6 unspecified atom stereocenters. The van der Waals surface area contributed by atoms with Gasteiger partial charge >= 0.3 is 23.9 Å². The van der Waals surface area contributed by atoms with E-state index in [4.69, 9.17) is 9.84 Å². The minimum atomic E-state index is -2.09. The van der Waals surface area contributed by atoms with Gasteiger partial charge in [0.15, 0.2) is 0 Å². The number of carbonyl (C=O) groups excluding carboxylic acids is 1. The molecule has 1 aliphatic heterocycles. The summed E-state index contributed by atoms with van der Waals surface area (Å²) in [5.41, 5.74) is -3.84. The Morgan fingerprint density at radius 2 is 1.79 bits per heavy atom. The lowest BCUT2D eigenvalue weighted by Gasteiger charge is -2.53. The minimum Gasteiger partial charge on any atom is -0.481 e. The maximum atomic E-state index is 12.9. The first-order chi connectivity index (χ1) is 12.8. The number of cyclic esters (lactones) is 1. The molecule has 1 saturated carbocycles. The standard InChI is InChI=1S/C20H30O8/c1-11(9-13(21)22)5-7-18(3)12(2)6-8-19(4)15(18)16(25)28-20(19,17(26)27)10-14(23)24/h11-12,15H,5-10H2,1-4H3,(H,21,22)(H,23,24)(H,26,27). The van der Waals surface area contributed by atoms with Crippen LogP contribution in [-0.4, -0.2) is 44.8 Å². The highest BCUT2D eigenvalue weighted by molar-refractivity contribution is 5.93. The number of rotatable bonds is 8. The molecule has 2 aliphatic rings.